The van der Waals surface area contributed by atoms with Crippen LogP contribution in [0.1, 0.15) is 44.4 Å². The van der Waals surface area contributed by atoms with Crippen LogP contribution in [0.15, 0.2) is 4.52 Å². The summed E-state index contributed by atoms with van der Waals surface area (Å²) in [5.74, 6) is 1.43. The number of anilines is 1. The van der Waals surface area contributed by atoms with Gasteiger partial charge in [-0.1, -0.05) is 25.7 Å². The zero-order chi connectivity index (χ0) is 13.8. The summed E-state index contributed by atoms with van der Waals surface area (Å²) >= 11 is 0. The molecule has 0 radical (unpaired) electrons. The number of hydrogen-bond donors (Lipinski definition) is 1. The highest BCUT2D eigenvalue weighted by molar-refractivity contribution is 5.29. The maximum atomic E-state index is 6.07. The molecule has 6 nitrogen and oxygen atoms in total. The lowest BCUT2D eigenvalue weighted by molar-refractivity contribution is 0.121. The van der Waals surface area contributed by atoms with E-state index in [4.69, 9.17) is 15.0 Å². The van der Waals surface area contributed by atoms with Crippen LogP contribution < -0.4 is 10.6 Å². The second-order valence-corrected chi connectivity index (χ2v) is 5.90. The number of aromatic nitrogens is 2. The number of nitrogens with zero attached hydrogens (tertiary/aromatic N) is 3. The monoisotopic (exact) mass is 280 g/mol. The highest BCUT2D eigenvalue weighted by atomic mass is 16.5. The molecule has 1 saturated carbocycles. The molecule has 0 bridgehead atoms. The van der Waals surface area contributed by atoms with Crippen molar-refractivity contribution in [2.24, 2.45) is 5.73 Å². The average molecular weight is 280 g/mol. The maximum absolute atomic E-state index is 6.07. The van der Waals surface area contributed by atoms with Gasteiger partial charge in [0, 0.05) is 19.6 Å². The van der Waals surface area contributed by atoms with E-state index in [-0.39, 0.29) is 5.41 Å². The predicted molar refractivity (Wildman–Crippen MR) is 75.8 cm³/mol. The highest BCUT2D eigenvalue weighted by Crippen LogP contribution is 2.37. The Morgan fingerprint density at radius 1 is 1.10 bits per heavy atom. The quantitative estimate of drug-likeness (QED) is 0.845. The van der Waals surface area contributed by atoms with E-state index in [9.17, 15) is 0 Å². The summed E-state index contributed by atoms with van der Waals surface area (Å²) in [6.45, 7) is 3.71. The van der Waals surface area contributed by atoms with Crippen LogP contribution in [-0.2, 0) is 10.2 Å². The molecule has 6 heteroatoms. The minimum atomic E-state index is -0.103. The van der Waals surface area contributed by atoms with Gasteiger partial charge in [0.05, 0.1) is 18.6 Å². The van der Waals surface area contributed by atoms with E-state index in [1.807, 2.05) is 0 Å². The molecule has 3 rings (SSSR count). The SMILES string of the molecule is NCC1(c2nc(N3CCOCC3)no2)CCCCCC1. The molecule has 0 amide bonds. The third-order valence-corrected chi connectivity index (χ3v) is 4.61. The van der Waals surface area contributed by atoms with Gasteiger partial charge in [-0.3, -0.25) is 0 Å². The second kappa shape index (κ2) is 6.10. The molecule has 1 aromatic heterocycles. The van der Waals surface area contributed by atoms with E-state index in [1.165, 1.54) is 25.7 Å². The Labute approximate surface area is 119 Å². The van der Waals surface area contributed by atoms with Gasteiger partial charge in [-0.25, -0.2) is 0 Å². The Hall–Kier alpha value is -1.14. The van der Waals surface area contributed by atoms with Gasteiger partial charge in [0.25, 0.3) is 5.95 Å². The van der Waals surface area contributed by atoms with Gasteiger partial charge in [-0.05, 0) is 18.0 Å². The van der Waals surface area contributed by atoms with Crippen LogP contribution in [-0.4, -0.2) is 43.0 Å². The molecule has 2 aliphatic rings. The molecule has 0 spiro atoms. The summed E-state index contributed by atoms with van der Waals surface area (Å²) in [4.78, 5) is 6.78. The molecule has 1 aromatic rings. The Morgan fingerprint density at radius 3 is 2.45 bits per heavy atom. The molecule has 1 aliphatic carbocycles. The molecular weight excluding hydrogens is 256 g/mol. The summed E-state index contributed by atoms with van der Waals surface area (Å²) in [6.07, 6.45) is 7.10. The van der Waals surface area contributed by atoms with Gasteiger partial charge in [-0.2, -0.15) is 4.98 Å². The molecule has 2 N–H and O–H groups in total. The maximum Gasteiger partial charge on any atom is 0.266 e. The van der Waals surface area contributed by atoms with Crippen LogP contribution in [0, 0.1) is 0 Å². The molecule has 0 atom stereocenters. The third kappa shape index (κ3) is 2.67. The predicted octanol–water partition coefficient (Wildman–Crippen LogP) is 1.46. The van der Waals surface area contributed by atoms with Crippen molar-refractivity contribution in [2.75, 3.05) is 37.7 Å². The first kappa shape index (κ1) is 13.8. The van der Waals surface area contributed by atoms with Crippen molar-refractivity contribution in [3.63, 3.8) is 0 Å². The Morgan fingerprint density at radius 2 is 1.80 bits per heavy atom. The number of rotatable bonds is 3. The second-order valence-electron chi connectivity index (χ2n) is 5.90. The number of nitrogens with two attached hydrogens (primary N) is 1. The molecule has 2 heterocycles. The Bertz CT molecular complexity index is 421. The number of morpholine rings is 1. The zero-order valence-electron chi connectivity index (χ0n) is 12.0. The molecule has 1 aliphatic heterocycles. The van der Waals surface area contributed by atoms with Crippen LogP contribution in [0.4, 0.5) is 5.95 Å². The number of ether oxygens (including phenoxy) is 1. The first-order chi connectivity index (χ1) is 9.84. The van der Waals surface area contributed by atoms with Crippen molar-refractivity contribution in [2.45, 2.75) is 43.9 Å². The zero-order valence-corrected chi connectivity index (χ0v) is 12.0. The first-order valence-electron chi connectivity index (χ1n) is 7.71. The van der Waals surface area contributed by atoms with E-state index >= 15 is 0 Å². The topological polar surface area (TPSA) is 77.4 Å². The smallest absolute Gasteiger partial charge is 0.266 e. The fourth-order valence-electron chi connectivity index (χ4n) is 3.23. The van der Waals surface area contributed by atoms with E-state index in [2.05, 4.69) is 15.0 Å². The summed E-state index contributed by atoms with van der Waals surface area (Å²) in [5, 5.41) is 4.17. The summed E-state index contributed by atoms with van der Waals surface area (Å²) in [6, 6.07) is 0. The molecule has 2 fully saturated rings. The van der Waals surface area contributed by atoms with Crippen LogP contribution >= 0.6 is 0 Å². The number of hydrogen-bond acceptors (Lipinski definition) is 6. The minimum absolute atomic E-state index is 0.103. The van der Waals surface area contributed by atoms with Crippen molar-refractivity contribution in [3.05, 3.63) is 5.89 Å². The van der Waals surface area contributed by atoms with Crippen LogP contribution in [0.3, 0.4) is 0 Å². The van der Waals surface area contributed by atoms with Crippen molar-refractivity contribution in [1.29, 1.82) is 0 Å². The third-order valence-electron chi connectivity index (χ3n) is 4.61. The standard InChI is InChI=1S/C14H24N4O2/c15-11-14(5-3-1-2-4-6-14)12-16-13(17-20-12)18-7-9-19-10-8-18/h1-11,15H2. The first-order valence-corrected chi connectivity index (χ1v) is 7.71. The van der Waals surface area contributed by atoms with Gasteiger partial charge >= 0.3 is 0 Å². The average Bonchev–Trinajstić information content (AvgIpc) is 2.88. The summed E-state index contributed by atoms with van der Waals surface area (Å²) in [7, 11) is 0. The Kier molecular flexibility index (Phi) is 4.21. The molecule has 0 aromatic carbocycles. The molecule has 1 saturated heterocycles. The molecule has 112 valence electrons. The Balaban J connectivity index is 1.79. The fourth-order valence-corrected chi connectivity index (χ4v) is 3.23. The van der Waals surface area contributed by atoms with E-state index in [1.54, 1.807) is 0 Å². The van der Waals surface area contributed by atoms with Gasteiger partial charge in [-0.15, -0.1) is 0 Å². The van der Waals surface area contributed by atoms with Crippen LogP contribution in [0.5, 0.6) is 0 Å². The van der Waals surface area contributed by atoms with Gasteiger partial charge in [0.2, 0.25) is 5.89 Å². The summed E-state index contributed by atoms with van der Waals surface area (Å²) in [5.41, 5.74) is 5.96. The van der Waals surface area contributed by atoms with E-state index in [0.29, 0.717) is 12.5 Å². The lowest BCUT2D eigenvalue weighted by Crippen LogP contribution is -2.37. The van der Waals surface area contributed by atoms with Crippen molar-refractivity contribution in [3.8, 4) is 0 Å². The fraction of sp³-hybridized carbons (Fsp3) is 0.857. The molecule has 0 unspecified atom stereocenters. The molecule has 20 heavy (non-hydrogen) atoms. The van der Waals surface area contributed by atoms with Crippen molar-refractivity contribution >= 4 is 5.95 Å². The van der Waals surface area contributed by atoms with Crippen LogP contribution in [0.25, 0.3) is 0 Å². The van der Waals surface area contributed by atoms with E-state index < -0.39 is 0 Å². The van der Waals surface area contributed by atoms with Gasteiger partial charge in [0.1, 0.15) is 0 Å². The summed E-state index contributed by atoms with van der Waals surface area (Å²) < 4.78 is 10.9. The van der Waals surface area contributed by atoms with E-state index in [0.717, 1.165) is 45.0 Å². The largest absolute Gasteiger partial charge is 0.378 e. The van der Waals surface area contributed by atoms with Gasteiger partial charge < -0.3 is 19.9 Å². The normalized spacial score (nSPS) is 23.6. The highest BCUT2D eigenvalue weighted by Gasteiger charge is 2.37. The minimum Gasteiger partial charge on any atom is -0.378 e. The lowest BCUT2D eigenvalue weighted by atomic mass is 9.80. The lowest BCUT2D eigenvalue weighted by Gasteiger charge is -2.27. The van der Waals surface area contributed by atoms with Crippen molar-refractivity contribution < 1.29 is 9.26 Å². The van der Waals surface area contributed by atoms with Crippen LogP contribution in [0.2, 0.25) is 0 Å². The molecular formula is C14H24N4O2. The van der Waals surface area contributed by atoms with Crippen molar-refractivity contribution in [1.82, 2.24) is 10.1 Å². The van der Waals surface area contributed by atoms with Gasteiger partial charge in [0.15, 0.2) is 0 Å².